The summed E-state index contributed by atoms with van der Waals surface area (Å²) in [5, 5.41) is 0. The van der Waals surface area contributed by atoms with Crippen molar-refractivity contribution < 1.29 is 13.2 Å². The third-order valence-electron chi connectivity index (χ3n) is 3.39. The summed E-state index contributed by atoms with van der Waals surface area (Å²) >= 11 is 0. The molecule has 0 bridgehead atoms. The molecule has 118 valence electrons. The Morgan fingerprint density at radius 1 is 1.14 bits per heavy atom. The minimum Gasteiger partial charge on any atom is -0.492 e. The maximum absolute atomic E-state index is 12.7. The maximum Gasteiger partial charge on any atom is 0.266 e. The standard InChI is InChI=1S/C16H20N2O3S/c1-5-21-14-9-12(3)13(4)10-15(14)22(19,20)18-16-11(2)7-6-8-17-16/h6-10H,5H2,1-4H3,(H,17,18). The molecule has 1 aromatic heterocycles. The maximum atomic E-state index is 12.7. The van der Waals surface area contributed by atoms with Crippen molar-refractivity contribution in [1.29, 1.82) is 0 Å². The predicted molar refractivity (Wildman–Crippen MR) is 86.9 cm³/mol. The number of benzene rings is 1. The molecule has 0 saturated heterocycles. The van der Waals surface area contributed by atoms with E-state index < -0.39 is 10.0 Å². The lowest BCUT2D eigenvalue weighted by Crippen LogP contribution is -2.16. The van der Waals surface area contributed by atoms with E-state index >= 15 is 0 Å². The van der Waals surface area contributed by atoms with Crippen LogP contribution in [-0.2, 0) is 10.0 Å². The van der Waals surface area contributed by atoms with Gasteiger partial charge in [-0.25, -0.2) is 13.4 Å². The molecule has 0 aliphatic carbocycles. The van der Waals surface area contributed by atoms with E-state index in [0.29, 0.717) is 18.2 Å². The Balaban J connectivity index is 2.49. The Bertz CT molecular complexity index is 786. The van der Waals surface area contributed by atoms with Crippen molar-refractivity contribution in [2.24, 2.45) is 0 Å². The molecule has 5 nitrogen and oxygen atoms in total. The molecule has 0 amide bonds. The van der Waals surface area contributed by atoms with Gasteiger partial charge in [0.15, 0.2) is 0 Å². The van der Waals surface area contributed by atoms with E-state index in [1.165, 1.54) is 0 Å². The molecule has 1 aromatic carbocycles. The molecule has 1 N–H and O–H groups in total. The first-order valence-corrected chi connectivity index (χ1v) is 8.52. The van der Waals surface area contributed by atoms with Crippen molar-refractivity contribution in [3.63, 3.8) is 0 Å². The first kappa shape index (κ1) is 16.3. The van der Waals surface area contributed by atoms with Crippen LogP contribution in [-0.4, -0.2) is 20.0 Å². The van der Waals surface area contributed by atoms with E-state index in [1.807, 2.05) is 20.8 Å². The van der Waals surface area contributed by atoms with Gasteiger partial charge in [-0.3, -0.25) is 4.72 Å². The zero-order valence-corrected chi connectivity index (χ0v) is 14.0. The number of rotatable bonds is 5. The average Bonchev–Trinajstić information content (AvgIpc) is 2.45. The number of hydrogen-bond donors (Lipinski definition) is 1. The molecule has 0 aliphatic rings. The molecule has 0 atom stereocenters. The van der Waals surface area contributed by atoms with Crippen LogP contribution in [0.2, 0.25) is 0 Å². The normalized spacial score (nSPS) is 11.3. The number of nitrogens with zero attached hydrogens (tertiary/aromatic N) is 1. The fourth-order valence-corrected chi connectivity index (χ4v) is 3.31. The molecular weight excluding hydrogens is 300 g/mol. The van der Waals surface area contributed by atoms with Gasteiger partial charge >= 0.3 is 0 Å². The molecule has 0 radical (unpaired) electrons. The van der Waals surface area contributed by atoms with E-state index in [0.717, 1.165) is 16.7 Å². The van der Waals surface area contributed by atoms with Gasteiger partial charge < -0.3 is 4.74 Å². The van der Waals surface area contributed by atoms with Crippen molar-refractivity contribution in [3.05, 3.63) is 47.2 Å². The smallest absolute Gasteiger partial charge is 0.266 e. The molecule has 0 unspecified atom stereocenters. The number of pyridine rings is 1. The zero-order chi connectivity index (χ0) is 16.3. The minimum atomic E-state index is -3.77. The summed E-state index contributed by atoms with van der Waals surface area (Å²) in [6.07, 6.45) is 1.55. The fraction of sp³-hybridized carbons (Fsp3) is 0.312. The van der Waals surface area contributed by atoms with Crippen LogP contribution in [0.5, 0.6) is 5.75 Å². The Labute approximate surface area is 131 Å². The molecule has 6 heteroatoms. The molecule has 0 aliphatic heterocycles. The largest absolute Gasteiger partial charge is 0.492 e. The van der Waals surface area contributed by atoms with Gasteiger partial charge in [0.05, 0.1) is 6.61 Å². The van der Waals surface area contributed by atoms with Gasteiger partial charge in [0, 0.05) is 6.20 Å². The van der Waals surface area contributed by atoms with E-state index in [2.05, 4.69) is 9.71 Å². The van der Waals surface area contributed by atoms with Crippen LogP contribution in [0, 0.1) is 20.8 Å². The van der Waals surface area contributed by atoms with E-state index in [1.54, 1.807) is 37.4 Å². The number of anilines is 1. The first-order valence-electron chi connectivity index (χ1n) is 7.03. The first-order chi connectivity index (χ1) is 10.3. The van der Waals surface area contributed by atoms with Gasteiger partial charge in [0.1, 0.15) is 16.5 Å². The third-order valence-corrected chi connectivity index (χ3v) is 4.75. The van der Waals surface area contributed by atoms with Crippen molar-refractivity contribution in [3.8, 4) is 5.75 Å². The Morgan fingerprint density at radius 3 is 2.45 bits per heavy atom. The van der Waals surface area contributed by atoms with E-state index in [9.17, 15) is 8.42 Å². The van der Waals surface area contributed by atoms with Crippen LogP contribution in [0.4, 0.5) is 5.82 Å². The lowest BCUT2D eigenvalue weighted by Gasteiger charge is -2.15. The van der Waals surface area contributed by atoms with Crippen LogP contribution in [0.25, 0.3) is 0 Å². The zero-order valence-electron chi connectivity index (χ0n) is 13.2. The van der Waals surface area contributed by atoms with E-state index in [4.69, 9.17) is 4.74 Å². The lowest BCUT2D eigenvalue weighted by atomic mass is 10.1. The van der Waals surface area contributed by atoms with Gasteiger partial charge in [0.25, 0.3) is 10.0 Å². The Hall–Kier alpha value is -2.08. The number of aryl methyl sites for hydroxylation is 3. The molecule has 2 rings (SSSR count). The monoisotopic (exact) mass is 320 g/mol. The minimum absolute atomic E-state index is 0.127. The summed E-state index contributed by atoms with van der Waals surface area (Å²) in [5.74, 6) is 0.676. The van der Waals surface area contributed by atoms with Gasteiger partial charge in [-0.05, 0) is 62.6 Å². The number of hydrogen-bond acceptors (Lipinski definition) is 4. The number of nitrogens with one attached hydrogen (secondary N) is 1. The quantitative estimate of drug-likeness (QED) is 0.918. The average molecular weight is 320 g/mol. The molecule has 1 heterocycles. The second kappa shape index (κ2) is 6.36. The number of ether oxygens (including phenoxy) is 1. The van der Waals surface area contributed by atoms with Crippen molar-refractivity contribution in [1.82, 2.24) is 4.98 Å². The highest BCUT2D eigenvalue weighted by Crippen LogP contribution is 2.29. The van der Waals surface area contributed by atoms with Crippen LogP contribution >= 0.6 is 0 Å². The van der Waals surface area contributed by atoms with Gasteiger partial charge in [-0.1, -0.05) is 6.07 Å². The third kappa shape index (κ3) is 3.39. The van der Waals surface area contributed by atoms with E-state index in [-0.39, 0.29) is 4.90 Å². The molecule has 0 spiro atoms. The highest BCUT2D eigenvalue weighted by atomic mass is 32.2. The molecule has 0 saturated carbocycles. The van der Waals surface area contributed by atoms with Gasteiger partial charge in [-0.15, -0.1) is 0 Å². The van der Waals surface area contributed by atoms with Gasteiger partial charge in [0.2, 0.25) is 0 Å². The number of sulfonamides is 1. The lowest BCUT2D eigenvalue weighted by molar-refractivity contribution is 0.331. The predicted octanol–water partition coefficient (Wildman–Crippen LogP) is 3.21. The fourth-order valence-electron chi connectivity index (χ4n) is 2.02. The molecular formula is C16H20N2O3S. The molecule has 0 fully saturated rings. The van der Waals surface area contributed by atoms with Crippen LogP contribution in [0.3, 0.4) is 0 Å². The summed E-state index contributed by atoms with van der Waals surface area (Å²) < 4.78 is 33.4. The Kier molecular flexibility index (Phi) is 4.71. The summed E-state index contributed by atoms with van der Waals surface area (Å²) in [7, 11) is -3.77. The second-order valence-corrected chi connectivity index (χ2v) is 6.74. The van der Waals surface area contributed by atoms with Crippen molar-refractivity contribution in [2.45, 2.75) is 32.6 Å². The summed E-state index contributed by atoms with van der Waals surface area (Å²) in [6.45, 7) is 7.81. The number of aromatic nitrogens is 1. The summed E-state index contributed by atoms with van der Waals surface area (Å²) in [6, 6.07) is 6.93. The van der Waals surface area contributed by atoms with Crippen molar-refractivity contribution >= 4 is 15.8 Å². The highest BCUT2D eigenvalue weighted by Gasteiger charge is 2.22. The van der Waals surface area contributed by atoms with Crippen LogP contribution < -0.4 is 9.46 Å². The van der Waals surface area contributed by atoms with Crippen LogP contribution in [0.1, 0.15) is 23.6 Å². The summed E-state index contributed by atoms with van der Waals surface area (Å²) in [4.78, 5) is 4.20. The second-order valence-electron chi connectivity index (χ2n) is 5.09. The van der Waals surface area contributed by atoms with Gasteiger partial charge in [-0.2, -0.15) is 0 Å². The topological polar surface area (TPSA) is 68.3 Å². The molecule has 22 heavy (non-hydrogen) atoms. The summed E-state index contributed by atoms with van der Waals surface area (Å²) in [5.41, 5.74) is 2.63. The highest BCUT2D eigenvalue weighted by molar-refractivity contribution is 7.92. The SMILES string of the molecule is CCOc1cc(C)c(C)cc1S(=O)(=O)Nc1ncccc1C. The van der Waals surface area contributed by atoms with Crippen molar-refractivity contribution in [2.75, 3.05) is 11.3 Å². The Morgan fingerprint density at radius 2 is 1.82 bits per heavy atom. The van der Waals surface area contributed by atoms with Crippen LogP contribution in [0.15, 0.2) is 35.4 Å². The molecule has 2 aromatic rings.